The van der Waals surface area contributed by atoms with Crippen LogP contribution in [0, 0.1) is 0 Å². The number of benzene rings is 1. The molecule has 9 heteroatoms. The van der Waals surface area contributed by atoms with Gasteiger partial charge in [-0.1, -0.05) is 0 Å². The van der Waals surface area contributed by atoms with Crippen LogP contribution in [0.1, 0.15) is 38.2 Å². The number of nitrogens with zero attached hydrogens (tertiary/aromatic N) is 2. The molecule has 3 N–H and O–H groups in total. The third-order valence-corrected chi connectivity index (χ3v) is 3.23. The van der Waals surface area contributed by atoms with Crippen molar-refractivity contribution in [3.05, 3.63) is 23.9 Å². The summed E-state index contributed by atoms with van der Waals surface area (Å²) >= 11 is 0. The zero-order valence-corrected chi connectivity index (χ0v) is 15.1. The highest BCUT2D eigenvalue weighted by Gasteiger charge is 2.20. The van der Waals surface area contributed by atoms with Gasteiger partial charge in [-0.15, -0.1) is 0 Å². The molecule has 1 aromatic heterocycles. The van der Waals surface area contributed by atoms with Crippen molar-refractivity contribution >= 4 is 34.6 Å². The Balaban J connectivity index is 2.41. The van der Waals surface area contributed by atoms with Gasteiger partial charge in [0.1, 0.15) is 12.1 Å². The van der Waals surface area contributed by atoms with Crippen LogP contribution in [0.2, 0.25) is 0 Å². The summed E-state index contributed by atoms with van der Waals surface area (Å²) in [6.07, 6.45) is -0.630. The normalized spacial score (nSPS) is 11.2. The monoisotopic (exact) mass is 362 g/mol. The lowest BCUT2D eigenvalue weighted by atomic mass is 10.1. The average molecular weight is 362 g/mol. The van der Waals surface area contributed by atoms with Crippen molar-refractivity contribution in [1.82, 2.24) is 15.1 Å². The topological polar surface area (TPSA) is 123 Å². The molecule has 2 amide bonds. The van der Waals surface area contributed by atoms with E-state index in [2.05, 4.69) is 15.7 Å². The number of carbonyl (C=O) groups excluding carboxylic acids is 2. The largest absolute Gasteiger partial charge is 0.480 e. The fourth-order valence-corrected chi connectivity index (χ4v) is 2.34. The van der Waals surface area contributed by atoms with Crippen LogP contribution >= 0.6 is 0 Å². The number of hydrogen-bond donors (Lipinski definition) is 3. The lowest BCUT2D eigenvalue weighted by Gasteiger charge is -2.19. The van der Waals surface area contributed by atoms with E-state index in [9.17, 15) is 14.4 Å². The van der Waals surface area contributed by atoms with Gasteiger partial charge in [0.2, 0.25) is 0 Å². The smallest absolute Gasteiger partial charge is 0.412 e. The fraction of sp³-hybridized carbons (Fsp3) is 0.412. The Hall–Kier alpha value is -3.10. The lowest BCUT2D eigenvalue weighted by molar-refractivity contribution is -0.137. The van der Waals surface area contributed by atoms with Crippen molar-refractivity contribution in [2.75, 3.05) is 11.9 Å². The Bertz CT molecular complexity index is 851. The van der Waals surface area contributed by atoms with Gasteiger partial charge in [0.15, 0.2) is 5.69 Å². The van der Waals surface area contributed by atoms with Crippen molar-refractivity contribution in [2.45, 2.75) is 39.8 Å². The van der Waals surface area contributed by atoms with Gasteiger partial charge in [0.05, 0.1) is 5.52 Å². The SMILES string of the molecule is CCNC(=O)c1nn(CC(=O)O)c2ccc(NC(=O)OC(C)(C)C)cc12. The molecule has 0 spiro atoms. The van der Waals surface area contributed by atoms with E-state index in [0.717, 1.165) is 0 Å². The van der Waals surface area contributed by atoms with E-state index in [1.165, 1.54) is 4.68 Å². The number of ether oxygens (including phenoxy) is 1. The number of hydrogen-bond acceptors (Lipinski definition) is 5. The molecule has 2 rings (SSSR count). The van der Waals surface area contributed by atoms with E-state index < -0.39 is 23.6 Å². The first-order valence-electron chi connectivity index (χ1n) is 8.11. The molecule has 2 aromatic rings. The minimum atomic E-state index is -1.08. The van der Waals surface area contributed by atoms with E-state index in [-0.39, 0.29) is 12.2 Å². The van der Waals surface area contributed by atoms with Gasteiger partial charge in [-0.25, -0.2) is 4.79 Å². The minimum absolute atomic E-state index is 0.0935. The van der Waals surface area contributed by atoms with Gasteiger partial charge in [-0.2, -0.15) is 5.10 Å². The van der Waals surface area contributed by atoms with Gasteiger partial charge in [0, 0.05) is 17.6 Å². The van der Waals surface area contributed by atoms with E-state index in [1.807, 2.05) is 0 Å². The molecule has 140 valence electrons. The number of carboxylic acids is 1. The van der Waals surface area contributed by atoms with Gasteiger partial charge >= 0.3 is 12.1 Å². The van der Waals surface area contributed by atoms with Gasteiger partial charge < -0.3 is 15.2 Å². The van der Waals surface area contributed by atoms with Crippen LogP contribution in [0.25, 0.3) is 10.9 Å². The van der Waals surface area contributed by atoms with Gasteiger partial charge in [-0.3, -0.25) is 19.6 Å². The maximum atomic E-state index is 12.2. The fourth-order valence-electron chi connectivity index (χ4n) is 2.34. The van der Waals surface area contributed by atoms with Gasteiger partial charge in [-0.05, 0) is 45.9 Å². The number of anilines is 1. The highest BCUT2D eigenvalue weighted by molar-refractivity contribution is 6.06. The number of carbonyl (C=O) groups is 3. The summed E-state index contributed by atoms with van der Waals surface area (Å²) in [5.74, 6) is -1.50. The summed E-state index contributed by atoms with van der Waals surface area (Å²) in [7, 11) is 0. The highest BCUT2D eigenvalue weighted by Crippen LogP contribution is 2.23. The van der Waals surface area contributed by atoms with Crippen LogP contribution in [-0.2, 0) is 16.1 Å². The molecule has 0 unspecified atom stereocenters. The summed E-state index contributed by atoms with van der Waals surface area (Å²) in [4.78, 5) is 35.2. The molecule has 0 fully saturated rings. The lowest BCUT2D eigenvalue weighted by Crippen LogP contribution is -2.27. The molecule has 0 radical (unpaired) electrons. The highest BCUT2D eigenvalue weighted by atomic mass is 16.6. The van der Waals surface area contributed by atoms with Gasteiger partial charge in [0.25, 0.3) is 5.91 Å². The van der Waals surface area contributed by atoms with Crippen LogP contribution in [0.3, 0.4) is 0 Å². The molecule has 0 bridgehead atoms. The molecule has 9 nitrogen and oxygen atoms in total. The van der Waals surface area contributed by atoms with E-state index in [4.69, 9.17) is 9.84 Å². The molecule has 0 saturated heterocycles. The number of carboxylic acid groups (broad SMARTS) is 1. The first kappa shape index (κ1) is 19.2. The zero-order chi connectivity index (χ0) is 19.5. The van der Waals surface area contributed by atoms with Crippen LogP contribution in [-0.4, -0.2) is 45.0 Å². The summed E-state index contributed by atoms with van der Waals surface area (Å²) in [5.41, 5.74) is 0.332. The second kappa shape index (κ2) is 7.42. The first-order valence-corrected chi connectivity index (χ1v) is 8.11. The number of rotatable bonds is 5. The Kier molecular flexibility index (Phi) is 5.49. The Morgan fingerprint density at radius 3 is 2.54 bits per heavy atom. The Labute approximate surface area is 150 Å². The third-order valence-electron chi connectivity index (χ3n) is 3.23. The molecule has 26 heavy (non-hydrogen) atoms. The standard InChI is InChI=1S/C17H22N4O5/c1-5-18-15(24)14-11-8-10(19-16(25)26-17(2,3)4)6-7-12(11)21(20-14)9-13(22)23/h6-8H,5,9H2,1-4H3,(H,18,24)(H,19,25)(H,22,23). The molecule has 1 heterocycles. The van der Waals surface area contributed by atoms with Crippen molar-refractivity contribution in [3.8, 4) is 0 Å². The van der Waals surface area contributed by atoms with Crippen LogP contribution in [0.5, 0.6) is 0 Å². The molecular weight excluding hydrogens is 340 g/mol. The summed E-state index contributed by atoms with van der Waals surface area (Å²) in [5, 5.41) is 18.8. The Morgan fingerprint density at radius 2 is 1.96 bits per heavy atom. The van der Waals surface area contributed by atoms with Crippen LogP contribution in [0.4, 0.5) is 10.5 Å². The molecule has 0 aliphatic carbocycles. The Morgan fingerprint density at radius 1 is 1.27 bits per heavy atom. The summed E-state index contributed by atoms with van der Waals surface area (Å²) in [6.45, 7) is 7.04. The molecule has 0 aliphatic rings. The molecule has 0 saturated carbocycles. The second-order valence-electron chi connectivity index (χ2n) is 6.62. The maximum Gasteiger partial charge on any atom is 0.412 e. The predicted octanol–water partition coefficient (Wildman–Crippen LogP) is 2.22. The van der Waals surface area contributed by atoms with Crippen LogP contribution < -0.4 is 10.6 Å². The third kappa shape index (κ3) is 4.71. The summed E-state index contributed by atoms with van der Waals surface area (Å²) < 4.78 is 6.44. The second-order valence-corrected chi connectivity index (χ2v) is 6.62. The molecule has 0 atom stereocenters. The first-order chi connectivity index (χ1) is 12.1. The predicted molar refractivity (Wildman–Crippen MR) is 95.2 cm³/mol. The number of amides is 2. The zero-order valence-electron chi connectivity index (χ0n) is 15.1. The van der Waals surface area contributed by atoms with E-state index >= 15 is 0 Å². The number of aliphatic carboxylic acids is 1. The molecule has 0 aliphatic heterocycles. The minimum Gasteiger partial charge on any atom is -0.480 e. The maximum absolute atomic E-state index is 12.2. The number of aromatic nitrogens is 2. The van der Waals surface area contributed by atoms with Crippen molar-refractivity contribution in [2.24, 2.45) is 0 Å². The quantitative estimate of drug-likeness (QED) is 0.749. The number of nitrogens with one attached hydrogen (secondary N) is 2. The summed E-state index contributed by atoms with van der Waals surface area (Å²) in [6, 6.07) is 4.75. The molecular formula is C17H22N4O5. The number of fused-ring (bicyclic) bond motifs is 1. The van der Waals surface area contributed by atoms with Crippen molar-refractivity contribution < 1.29 is 24.2 Å². The van der Waals surface area contributed by atoms with Crippen molar-refractivity contribution in [1.29, 1.82) is 0 Å². The average Bonchev–Trinajstić information content (AvgIpc) is 2.83. The van der Waals surface area contributed by atoms with E-state index in [0.29, 0.717) is 23.1 Å². The van der Waals surface area contributed by atoms with Crippen LogP contribution in [0.15, 0.2) is 18.2 Å². The molecule has 1 aromatic carbocycles. The van der Waals surface area contributed by atoms with E-state index in [1.54, 1.807) is 45.9 Å². The van der Waals surface area contributed by atoms with Crippen molar-refractivity contribution in [3.63, 3.8) is 0 Å².